The van der Waals surface area contributed by atoms with Gasteiger partial charge in [0.05, 0.1) is 24.0 Å². The Kier molecular flexibility index (Phi) is 9.21. The molecule has 4 aliphatic rings. The maximum atomic E-state index is 13.6. The lowest BCUT2D eigenvalue weighted by Crippen LogP contribution is -2.63. The van der Waals surface area contributed by atoms with E-state index in [0.29, 0.717) is 32.1 Å². The number of esters is 1. The molecule has 9 heteroatoms. The molecule has 12 atom stereocenters. The summed E-state index contributed by atoms with van der Waals surface area (Å²) in [7, 11) is 0. The van der Waals surface area contributed by atoms with E-state index < -0.39 is 35.2 Å². The van der Waals surface area contributed by atoms with Crippen LogP contribution in [-0.4, -0.2) is 69.3 Å². The van der Waals surface area contributed by atoms with E-state index in [1.165, 1.54) is 11.8 Å². The molecule has 4 fully saturated rings. The van der Waals surface area contributed by atoms with Gasteiger partial charge in [0.25, 0.3) is 0 Å². The molecule has 0 spiro atoms. The van der Waals surface area contributed by atoms with Crippen LogP contribution in [0.15, 0.2) is 12.7 Å². The molecule has 0 radical (unpaired) electrons. The van der Waals surface area contributed by atoms with Gasteiger partial charge in [-0.3, -0.25) is 14.4 Å². The molecule has 0 heterocycles. The highest BCUT2D eigenvalue weighted by Crippen LogP contribution is 2.68. The second kappa shape index (κ2) is 11.7. The van der Waals surface area contributed by atoms with Crippen LogP contribution in [0.25, 0.3) is 0 Å². The summed E-state index contributed by atoms with van der Waals surface area (Å²) in [6.45, 7) is 14.1. The third-order valence-electron chi connectivity index (χ3n) is 11.5. The number of thioether (sulfide) groups is 1. The lowest BCUT2D eigenvalue weighted by atomic mass is 9.44. The first-order chi connectivity index (χ1) is 18.7. The van der Waals surface area contributed by atoms with Crippen molar-refractivity contribution in [2.24, 2.45) is 39.7 Å². The van der Waals surface area contributed by atoms with Gasteiger partial charge in [0.2, 0.25) is 5.91 Å². The number of carbonyl (C=O) groups excluding carboxylic acids is 3. The van der Waals surface area contributed by atoms with Crippen LogP contribution in [0.4, 0.5) is 0 Å². The lowest BCUT2D eigenvalue weighted by molar-refractivity contribution is -0.205. The highest BCUT2D eigenvalue weighted by molar-refractivity contribution is 8.00. The SMILES string of the molecule is C=C[C@]1(C)C[C@@H](OC(=O)CS[C@H]2C[C@@H](NC(=O)[C@@H](C)N)CC[C@H]2O)[C@]2(C)C(C)CCC3(CCC(=O)[C@H]32)[C@@H](C)[C@@H]1O. The van der Waals surface area contributed by atoms with E-state index in [0.717, 1.165) is 19.3 Å². The van der Waals surface area contributed by atoms with Crippen LogP contribution in [-0.2, 0) is 19.1 Å². The summed E-state index contributed by atoms with van der Waals surface area (Å²) >= 11 is 1.36. The number of hydrogen-bond acceptors (Lipinski definition) is 8. The van der Waals surface area contributed by atoms with Crippen LogP contribution < -0.4 is 11.1 Å². The summed E-state index contributed by atoms with van der Waals surface area (Å²) in [6.07, 6.45) is 5.21. The molecule has 2 unspecified atom stereocenters. The number of ether oxygens (including phenoxy) is 1. The second-order valence-electron chi connectivity index (χ2n) is 13.8. The Bertz CT molecular complexity index is 1010. The monoisotopic (exact) mass is 578 g/mol. The van der Waals surface area contributed by atoms with Crippen molar-refractivity contribution >= 4 is 29.4 Å². The maximum Gasteiger partial charge on any atom is 0.316 e. The molecule has 5 N–H and O–H groups in total. The lowest BCUT2D eigenvalue weighted by Gasteiger charge is -2.61. The van der Waals surface area contributed by atoms with E-state index in [-0.39, 0.29) is 57.9 Å². The summed E-state index contributed by atoms with van der Waals surface area (Å²) in [4.78, 5) is 39.1. The largest absolute Gasteiger partial charge is 0.461 e. The fourth-order valence-corrected chi connectivity index (χ4v) is 9.77. The van der Waals surface area contributed by atoms with E-state index in [1.54, 1.807) is 13.0 Å². The van der Waals surface area contributed by atoms with Crippen molar-refractivity contribution in [1.29, 1.82) is 0 Å². The highest BCUT2D eigenvalue weighted by atomic mass is 32.2. The van der Waals surface area contributed by atoms with Crippen LogP contribution in [0.5, 0.6) is 0 Å². The molecule has 0 aromatic heterocycles. The molecular formula is C31H50N2O6S. The number of aliphatic hydroxyl groups excluding tert-OH is 2. The summed E-state index contributed by atoms with van der Waals surface area (Å²) in [6, 6.07) is -0.699. The predicted molar refractivity (Wildman–Crippen MR) is 156 cm³/mol. The quantitative estimate of drug-likeness (QED) is 0.266. The number of rotatable bonds is 7. The van der Waals surface area contributed by atoms with Gasteiger partial charge in [-0.1, -0.05) is 33.8 Å². The standard InChI is InChI=1S/C31H50N2O6S/c1-7-29(5)15-24(30(6)17(2)10-12-31(18(3)27(29)37)13-11-22(35)26(30)31)39-25(36)16-40-23-14-20(8-9-21(23)34)33-28(38)19(4)32/h7,17-21,23-24,26-27,34,37H,1,8-16,32H2,2-6H3,(H,33,38)/t17?,18-,19+,20-,21+,23-,24+,26-,27-,29+,30-,31?/m0/s1. The number of nitrogens with two attached hydrogens (primary N) is 1. The van der Waals surface area contributed by atoms with Crippen molar-refractivity contribution in [3.05, 3.63) is 12.7 Å². The summed E-state index contributed by atoms with van der Waals surface area (Å²) in [5.41, 5.74) is 4.15. The normalized spacial score (nSPS) is 46.0. The first-order valence-corrected chi connectivity index (χ1v) is 16.1. The van der Waals surface area contributed by atoms with Gasteiger partial charge in [-0.2, -0.15) is 0 Å². The van der Waals surface area contributed by atoms with Gasteiger partial charge >= 0.3 is 5.97 Å². The molecule has 1 amide bonds. The van der Waals surface area contributed by atoms with Gasteiger partial charge in [-0.25, -0.2) is 0 Å². The van der Waals surface area contributed by atoms with Gasteiger partial charge < -0.3 is 26.0 Å². The van der Waals surface area contributed by atoms with Gasteiger partial charge in [0.15, 0.2) is 0 Å². The Labute approximate surface area is 243 Å². The molecule has 4 aliphatic carbocycles. The topological polar surface area (TPSA) is 139 Å². The number of nitrogens with one attached hydrogen (secondary N) is 1. The zero-order chi connectivity index (χ0) is 29.6. The number of ketones is 1. The molecule has 0 aromatic rings. The number of Topliss-reactive ketones (excluding diaryl/α,β-unsaturated/α-hetero) is 1. The summed E-state index contributed by atoms with van der Waals surface area (Å²) in [5, 5.41) is 25.0. The first kappa shape index (κ1) is 31.5. The van der Waals surface area contributed by atoms with Crippen molar-refractivity contribution in [3.8, 4) is 0 Å². The Balaban J connectivity index is 1.54. The zero-order valence-corrected chi connectivity index (χ0v) is 25.7. The summed E-state index contributed by atoms with van der Waals surface area (Å²) < 4.78 is 6.33. The van der Waals surface area contributed by atoms with Gasteiger partial charge in [0, 0.05) is 34.5 Å². The molecule has 0 aromatic carbocycles. The number of hydrogen-bond donors (Lipinski definition) is 4. The molecular weight excluding hydrogens is 528 g/mol. The zero-order valence-electron chi connectivity index (χ0n) is 24.9. The average Bonchev–Trinajstić information content (AvgIpc) is 3.27. The van der Waals surface area contributed by atoms with Gasteiger partial charge in [-0.15, -0.1) is 18.3 Å². The van der Waals surface area contributed by atoms with Crippen molar-refractivity contribution in [2.45, 2.75) is 122 Å². The molecule has 2 bridgehead atoms. The third-order valence-corrected chi connectivity index (χ3v) is 12.8. The van der Waals surface area contributed by atoms with Crippen LogP contribution in [0.2, 0.25) is 0 Å². The van der Waals surface area contributed by atoms with E-state index in [2.05, 4.69) is 32.7 Å². The van der Waals surface area contributed by atoms with Crippen LogP contribution in [0, 0.1) is 34.0 Å². The van der Waals surface area contributed by atoms with Crippen LogP contribution >= 0.6 is 11.8 Å². The van der Waals surface area contributed by atoms with E-state index in [4.69, 9.17) is 10.5 Å². The maximum absolute atomic E-state index is 13.6. The Morgan fingerprint density at radius 1 is 1.23 bits per heavy atom. The van der Waals surface area contributed by atoms with Crippen LogP contribution in [0.3, 0.4) is 0 Å². The van der Waals surface area contributed by atoms with Crippen molar-refractivity contribution < 1.29 is 29.3 Å². The Morgan fingerprint density at radius 2 is 1.93 bits per heavy atom. The predicted octanol–water partition coefficient (Wildman–Crippen LogP) is 3.37. The van der Waals surface area contributed by atoms with Crippen molar-refractivity contribution in [1.82, 2.24) is 5.32 Å². The molecule has 4 rings (SSSR count). The third kappa shape index (κ3) is 5.40. The minimum Gasteiger partial charge on any atom is -0.461 e. The fourth-order valence-electron chi connectivity index (χ4n) is 8.63. The first-order valence-electron chi connectivity index (χ1n) is 15.1. The minimum absolute atomic E-state index is 0.0597. The van der Waals surface area contributed by atoms with E-state index in [1.807, 2.05) is 6.92 Å². The number of amides is 1. The second-order valence-corrected chi connectivity index (χ2v) is 15.0. The highest BCUT2D eigenvalue weighted by Gasteiger charge is 2.68. The smallest absolute Gasteiger partial charge is 0.316 e. The molecule has 226 valence electrons. The van der Waals surface area contributed by atoms with E-state index in [9.17, 15) is 24.6 Å². The van der Waals surface area contributed by atoms with Gasteiger partial charge in [0.1, 0.15) is 11.9 Å². The molecule has 4 saturated carbocycles. The Hall–Kier alpha value is -1.42. The molecule has 0 aliphatic heterocycles. The Morgan fingerprint density at radius 3 is 2.58 bits per heavy atom. The van der Waals surface area contributed by atoms with Crippen molar-refractivity contribution in [2.75, 3.05) is 5.75 Å². The molecule has 8 nitrogen and oxygen atoms in total. The fraction of sp³-hybridized carbons (Fsp3) is 0.839. The minimum atomic E-state index is -0.701. The van der Waals surface area contributed by atoms with Crippen LogP contribution in [0.1, 0.15) is 86.0 Å². The van der Waals surface area contributed by atoms with Gasteiger partial charge in [-0.05, 0) is 69.1 Å². The average molecular weight is 579 g/mol. The number of aliphatic hydroxyl groups is 2. The summed E-state index contributed by atoms with van der Waals surface area (Å²) in [5.74, 6) is -0.474. The number of carbonyl (C=O) groups is 3. The molecule has 0 saturated heterocycles. The van der Waals surface area contributed by atoms with E-state index >= 15 is 0 Å². The molecule has 40 heavy (non-hydrogen) atoms. The van der Waals surface area contributed by atoms with Crippen molar-refractivity contribution in [3.63, 3.8) is 0 Å².